The molecule has 2 fully saturated rings. The van der Waals surface area contributed by atoms with Crippen LogP contribution in [0.3, 0.4) is 0 Å². The molecular formula is C56H68FN7O4. The summed E-state index contributed by atoms with van der Waals surface area (Å²) in [6.45, 7) is 15.9. The van der Waals surface area contributed by atoms with Gasteiger partial charge in [0.1, 0.15) is 30.0 Å². The first-order chi connectivity index (χ1) is 32.9. The summed E-state index contributed by atoms with van der Waals surface area (Å²) >= 11 is 0. The Morgan fingerprint density at radius 1 is 0.559 bits per heavy atom. The zero-order chi connectivity index (χ0) is 48.3. The van der Waals surface area contributed by atoms with Crippen LogP contribution in [0.15, 0.2) is 133 Å². The van der Waals surface area contributed by atoms with E-state index < -0.39 is 24.2 Å². The van der Waals surface area contributed by atoms with Gasteiger partial charge in [0, 0.05) is 55.3 Å². The van der Waals surface area contributed by atoms with Crippen molar-refractivity contribution in [1.29, 1.82) is 0 Å². The number of nitrogens with zero attached hydrogens (tertiary/aromatic N) is 5. The van der Waals surface area contributed by atoms with E-state index in [1.54, 1.807) is 21.9 Å². The summed E-state index contributed by atoms with van der Waals surface area (Å²) in [7, 11) is 0. The van der Waals surface area contributed by atoms with Crippen molar-refractivity contribution in [2.45, 2.75) is 117 Å². The highest BCUT2D eigenvalue weighted by Gasteiger charge is 2.41. The van der Waals surface area contributed by atoms with Crippen LogP contribution in [0.1, 0.15) is 102 Å². The Bertz CT molecular complexity index is 2280. The Balaban J connectivity index is 0.997. The third-order valence-electron chi connectivity index (χ3n) is 13.5. The van der Waals surface area contributed by atoms with Gasteiger partial charge < -0.3 is 25.3 Å². The Labute approximate surface area is 402 Å². The lowest BCUT2D eigenvalue weighted by Gasteiger charge is -2.37. The van der Waals surface area contributed by atoms with Crippen molar-refractivity contribution >= 4 is 40.7 Å². The van der Waals surface area contributed by atoms with Gasteiger partial charge in [-0.1, -0.05) is 98.8 Å². The molecule has 5 aromatic carbocycles. The summed E-state index contributed by atoms with van der Waals surface area (Å²) in [5.41, 5.74) is 5.91. The van der Waals surface area contributed by atoms with Crippen LogP contribution in [0.5, 0.6) is 0 Å². The van der Waals surface area contributed by atoms with Gasteiger partial charge in [-0.15, -0.1) is 0 Å². The number of nitrogens with one attached hydrogen (secondary N) is 2. The second-order valence-corrected chi connectivity index (χ2v) is 18.6. The number of rotatable bonds is 19. The van der Waals surface area contributed by atoms with Gasteiger partial charge >= 0.3 is 0 Å². The molecule has 11 nitrogen and oxygen atoms in total. The van der Waals surface area contributed by atoms with Crippen molar-refractivity contribution in [1.82, 2.24) is 19.6 Å². The van der Waals surface area contributed by atoms with Crippen molar-refractivity contribution in [3.8, 4) is 0 Å². The molecule has 2 aliphatic heterocycles. The summed E-state index contributed by atoms with van der Waals surface area (Å²) in [5.74, 6) is -0.836. The topological polar surface area (TPSA) is 109 Å². The molecule has 0 saturated carbocycles. The van der Waals surface area contributed by atoms with Crippen LogP contribution in [0.2, 0.25) is 0 Å². The molecule has 0 bridgehead atoms. The Hall–Kier alpha value is -6.37. The fourth-order valence-corrected chi connectivity index (χ4v) is 10.0. The number of hydrogen-bond donors (Lipinski definition) is 2. The van der Waals surface area contributed by atoms with E-state index in [1.807, 2.05) is 109 Å². The molecule has 2 aliphatic rings. The van der Waals surface area contributed by atoms with Crippen LogP contribution < -0.4 is 15.5 Å². The molecule has 0 aliphatic carbocycles. The number of benzene rings is 5. The summed E-state index contributed by atoms with van der Waals surface area (Å²) in [4.78, 5) is 66.4. The lowest BCUT2D eigenvalue weighted by Crippen LogP contribution is -2.50. The Morgan fingerprint density at radius 2 is 0.941 bits per heavy atom. The van der Waals surface area contributed by atoms with E-state index in [-0.39, 0.29) is 41.5 Å². The number of likely N-dealkylation sites (N-methyl/N-ethyl adjacent to an activating group) is 2. The number of likely N-dealkylation sites (tertiary alicyclic amines) is 2. The van der Waals surface area contributed by atoms with Gasteiger partial charge in [0.15, 0.2) is 0 Å². The molecule has 0 spiro atoms. The van der Waals surface area contributed by atoms with E-state index in [0.29, 0.717) is 63.5 Å². The van der Waals surface area contributed by atoms with Crippen LogP contribution in [0.25, 0.3) is 0 Å². The number of anilines is 3. The molecular weight excluding hydrogens is 854 g/mol. The molecule has 4 atom stereocenters. The number of amides is 4. The van der Waals surface area contributed by atoms with E-state index >= 15 is 0 Å². The smallest absolute Gasteiger partial charge is 0.247 e. The largest absolute Gasteiger partial charge is 0.363 e. The maximum Gasteiger partial charge on any atom is 0.247 e. The molecule has 2 unspecified atom stereocenters. The minimum atomic E-state index is -0.575. The van der Waals surface area contributed by atoms with Gasteiger partial charge in [0.2, 0.25) is 23.6 Å². The number of carbonyl (C=O) groups is 4. The summed E-state index contributed by atoms with van der Waals surface area (Å²) in [5, 5.41) is 6.17. The molecule has 2 N–H and O–H groups in total. The average Bonchev–Trinajstić information content (AvgIpc) is 4.05. The third-order valence-corrected chi connectivity index (χ3v) is 13.5. The highest BCUT2D eigenvalue weighted by atomic mass is 19.1. The summed E-state index contributed by atoms with van der Waals surface area (Å²) < 4.78 is 14.1. The number of hydrogen-bond acceptors (Lipinski definition) is 7. The van der Waals surface area contributed by atoms with Gasteiger partial charge in [0.25, 0.3) is 0 Å². The molecule has 68 heavy (non-hydrogen) atoms. The van der Waals surface area contributed by atoms with Gasteiger partial charge in [-0.05, 0) is 137 Å². The second-order valence-electron chi connectivity index (χ2n) is 18.6. The first kappa shape index (κ1) is 49.5. The van der Waals surface area contributed by atoms with Gasteiger partial charge in [-0.25, -0.2) is 4.39 Å². The first-order valence-corrected chi connectivity index (χ1v) is 24.4. The maximum absolute atomic E-state index is 14.3. The molecule has 0 aromatic heterocycles. The Morgan fingerprint density at radius 3 is 1.29 bits per heavy atom. The fraction of sp³-hybridized carbons (Fsp3) is 0.393. The van der Waals surface area contributed by atoms with Crippen molar-refractivity contribution in [3.63, 3.8) is 0 Å². The quantitative estimate of drug-likeness (QED) is 0.0850. The number of halogens is 1. The van der Waals surface area contributed by atoms with Crippen molar-refractivity contribution in [3.05, 3.63) is 162 Å². The van der Waals surface area contributed by atoms with Crippen molar-refractivity contribution < 1.29 is 23.6 Å². The summed E-state index contributed by atoms with van der Waals surface area (Å²) in [6.07, 6.45) is 2.69. The number of carbonyl (C=O) groups excluding carboxylic acids is 4. The predicted molar refractivity (Wildman–Crippen MR) is 269 cm³/mol. The normalized spacial score (nSPS) is 16.9. The van der Waals surface area contributed by atoms with E-state index in [2.05, 4.69) is 66.9 Å². The van der Waals surface area contributed by atoms with E-state index in [0.717, 1.165) is 40.8 Å². The van der Waals surface area contributed by atoms with Crippen molar-refractivity contribution in [2.75, 3.05) is 41.7 Å². The van der Waals surface area contributed by atoms with Gasteiger partial charge in [-0.3, -0.25) is 29.0 Å². The van der Waals surface area contributed by atoms with Crippen LogP contribution in [-0.4, -0.2) is 93.6 Å². The highest BCUT2D eigenvalue weighted by molar-refractivity contribution is 5.99. The van der Waals surface area contributed by atoms with E-state index in [9.17, 15) is 23.6 Å². The van der Waals surface area contributed by atoms with Gasteiger partial charge in [-0.2, -0.15) is 0 Å². The average molecular weight is 922 g/mol. The van der Waals surface area contributed by atoms with E-state index in [4.69, 9.17) is 0 Å². The Kier molecular flexibility index (Phi) is 16.8. The van der Waals surface area contributed by atoms with Crippen LogP contribution >= 0.6 is 0 Å². The second kappa shape index (κ2) is 23.1. The fourth-order valence-electron chi connectivity index (χ4n) is 10.0. The van der Waals surface area contributed by atoms with Crippen LogP contribution in [0.4, 0.5) is 21.5 Å². The molecule has 4 amide bonds. The lowest BCUT2D eigenvalue weighted by molar-refractivity contribution is -0.142. The molecule has 2 saturated heterocycles. The summed E-state index contributed by atoms with van der Waals surface area (Å²) in [6, 6.07) is 39.6. The van der Waals surface area contributed by atoms with Gasteiger partial charge in [0.05, 0.1) is 0 Å². The minimum absolute atomic E-state index is 0.0535. The van der Waals surface area contributed by atoms with E-state index in [1.165, 1.54) is 12.1 Å². The predicted octanol–water partition coefficient (Wildman–Crippen LogP) is 9.83. The van der Waals surface area contributed by atoms with Crippen molar-refractivity contribution in [2.24, 2.45) is 0 Å². The molecule has 7 rings (SSSR count). The van der Waals surface area contributed by atoms with Crippen LogP contribution in [0, 0.1) is 5.82 Å². The zero-order valence-corrected chi connectivity index (χ0v) is 40.5. The van der Waals surface area contributed by atoms with Crippen LogP contribution in [-0.2, 0) is 32.3 Å². The SMILES string of the molecule is CCN(C(C)C)[C@@H](C(=O)N1CCCC1C(=O)Nc1ccc(CN(Cc2ccc(NC(=O)C3CCCN3C(=O)[C@@H](c3ccccc3)N(CC)C(C)C)cc2)c2ccc(F)cc2)cc1)c1ccccc1. The zero-order valence-electron chi connectivity index (χ0n) is 40.5. The molecule has 5 aromatic rings. The molecule has 0 radical (unpaired) electrons. The first-order valence-electron chi connectivity index (χ1n) is 24.4. The standard InChI is InChI=1S/C56H68FN7O4/c1-7-61(39(3)4)51(43-17-11-9-12-18-43)55(67)63-35-15-21-49(63)53(65)58-46-29-23-41(24-30-46)37-60(48-33-27-45(57)28-34-48)38-42-25-31-47(32-26-42)59-54(66)50-22-16-36-64(50)56(68)52(62(8-2)40(5)6)44-19-13-10-14-20-44/h9-14,17-20,23-34,39-40,49-52H,7-8,15-16,21-22,35-38H2,1-6H3,(H,58,65)(H,59,66)/t49?,50?,51-,52-/m1/s1. The molecule has 2 heterocycles. The molecule has 12 heteroatoms. The highest BCUT2D eigenvalue weighted by Crippen LogP contribution is 2.32. The third kappa shape index (κ3) is 11.8. The molecule has 358 valence electrons. The maximum atomic E-state index is 14.3. The lowest BCUT2D eigenvalue weighted by atomic mass is 10.0. The minimum Gasteiger partial charge on any atom is -0.363 e. The monoisotopic (exact) mass is 922 g/mol.